The van der Waals surface area contributed by atoms with Crippen molar-refractivity contribution in [1.82, 2.24) is 19.6 Å². The molecule has 0 spiro atoms. The van der Waals surface area contributed by atoms with Crippen LogP contribution in [0.4, 0.5) is 9.18 Å². The predicted molar refractivity (Wildman–Crippen MR) is 341 cm³/mol. The fourth-order valence-electron chi connectivity index (χ4n) is 10.6. The summed E-state index contributed by atoms with van der Waals surface area (Å²) in [7, 11) is -3.89. The third-order valence-electron chi connectivity index (χ3n) is 14.6. The van der Waals surface area contributed by atoms with E-state index in [4.69, 9.17) is 19.7 Å². The summed E-state index contributed by atoms with van der Waals surface area (Å²) in [5, 5.41) is 10.2. The first-order valence-corrected chi connectivity index (χ1v) is 32.1. The van der Waals surface area contributed by atoms with Gasteiger partial charge in [0.1, 0.15) is 11.4 Å². The van der Waals surface area contributed by atoms with Crippen LogP contribution in [0.3, 0.4) is 0 Å². The number of thioether (sulfide) groups is 2. The van der Waals surface area contributed by atoms with Crippen molar-refractivity contribution >= 4 is 39.6 Å². The van der Waals surface area contributed by atoms with E-state index in [2.05, 4.69) is 187 Å². The Balaban J connectivity index is 0.926. The molecule has 9 rings (SSSR count). The molecule has 84 heavy (non-hydrogen) atoms. The topological polar surface area (TPSA) is 120 Å². The molecule has 434 valence electrons. The maximum atomic E-state index is 14.5. The van der Waals surface area contributed by atoms with Crippen LogP contribution in [0.5, 0.6) is 0 Å². The van der Waals surface area contributed by atoms with E-state index in [0.29, 0.717) is 49.1 Å². The zero-order chi connectivity index (χ0) is 58.8. The molecule has 0 aliphatic rings. The first-order chi connectivity index (χ1) is 40.7. The Hall–Kier alpha value is -7.30. The molecular weight excluding hydrogens is 1110 g/mol. The van der Waals surface area contributed by atoms with Crippen LogP contribution in [0.25, 0.3) is 16.9 Å². The van der Waals surface area contributed by atoms with Crippen molar-refractivity contribution in [3.63, 3.8) is 0 Å². The highest BCUT2D eigenvalue weighted by molar-refractivity contribution is 8.00. The molecule has 0 unspecified atom stereocenters. The van der Waals surface area contributed by atoms with Crippen molar-refractivity contribution in [2.45, 2.75) is 66.6 Å². The Labute approximate surface area is 504 Å². The number of benzene rings is 8. The summed E-state index contributed by atoms with van der Waals surface area (Å²) in [5.41, 5.74) is 9.18. The Morgan fingerprint density at radius 3 is 1.42 bits per heavy atom. The van der Waals surface area contributed by atoms with Gasteiger partial charge in [-0.15, -0.1) is 23.5 Å². The Kier molecular flexibility index (Phi) is 21.1. The molecule has 0 saturated heterocycles. The summed E-state index contributed by atoms with van der Waals surface area (Å²) >= 11 is 3.78. The van der Waals surface area contributed by atoms with Crippen molar-refractivity contribution in [1.29, 1.82) is 0 Å². The van der Waals surface area contributed by atoms with Crippen LogP contribution in [0, 0.1) is 5.82 Å². The minimum atomic E-state index is -3.89. The molecule has 0 aliphatic carbocycles. The van der Waals surface area contributed by atoms with Gasteiger partial charge in [0.05, 0.1) is 38.1 Å². The molecule has 10 nitrogen and oxygen atoms in total. The molecule has 1 amide bonds. The van der Waals surface area contributed by atoms with Crippen LogP contribution >= 0.6 is 23.5 Å². The van der Waals surface area contributed by atoms with Crippen LogP contribution in [0.15, 0.2) is 241 Å². The molecule has 14 heteroatoms. The zero-order valence-corrected chi connectivity index (χ0v) is 50.5. The minimum Gasteiger partial charge on any atom is -0.444 e. The van der Waals surface area contributed by atoms with Crippen molar-refractivity contribution < 1.29 is 27.1 Å². The average molecular weight is 1180 g/mol. The summed E-state index contributed by atoms with van der Waals surface area (Å²) in [6, 6.07) is 78.6. The molecule has 0 radical (unpaired) electrons. The summed E-state index contributed by atoms with van der Waals surface area (Å²) in [4.78, 5) is 18.9. The lowest BCUT2D eigenvalue weighted by molar-refractivity contribution is 0.0245. The number of amides is 1. The number of aromatic nitrogens is 2. The van der Waals surface area contributed by atoms with Crippen LogP contribution < -0.4 is 5.14 Å². The molecular formula is C70H74FN5O5S3. The first-order valence-electron chi connectivity index (χ1n) is 28.6. The number of unbranched alkanes of at least 4 members (excludes halogenated alkanes) is 2. The molecule has 0 atom stereocenters. The standard InChI is InChI=1S/C70H74FN5O5S3/c1-68(2,3)81-67(77)75(49-52-83-70(59-31-17-7-18-32-59,60-33-19-8-20-34-60)61-35-21-9-22-36-61)47-46-74(48-51-82-69(56-25-11-4-12-26-56,57-27-13-5-14-28-57)58-29-15-6-16-30-58)45-23-10-24-50-80-54-63-53-66(55-37-39-62(71)40-38-55)76(73-63)64-41-43-65(44-42-64)84(72,78)79/h4-9,11-22,25-44,53H,10,23-24,45-52,54H2,1-3H3,(H2,72,78,79). The molecule has 0 bridgehead atoms. The van der Waals surface area contributed by atoms with Gasteiger partial charge in [-0.25, -0.2) is 27.4 Å². The van der Waals surface area contributed by atoms with Crippen molar-refractivity contribution in [2.24, 2.45) is 5.14 Å². The Morgan fingerprint density at radius 1 is 0.548 bits per heavy atom. The fourth-order valence-corrected chi connectivity index (χ4v) is 14.2. The van der Waals surface area contributed by atoms with Crippen LogP contribution in [-0.4, -0.2) is 90.5 Å². The van der Waals surface area contributed by atoms with E-state index in [1.54, 1.807) is 28.9 Å². The van der Waals surface area contributed by atoms with Crippen molar-refractivity contribution in [3.05, 3.63) is 281 Å². The zero-order valence-electron chi connectivity index (χ0n) is 48.0. The van der Waals surface area contributed by atoms with Gasteiger partial charge < -0.3 is 19.3 Å². The quantitative estimate of drug-likeness (QED) is 0.0378. The number of nitrogens with two attached hydrogens (primary N) is 1. The van der Waals surface area contributed by atoms with Crippen molar-refractivity contribution in [3.8, 4) is 16.9 Å². The Bertz CT molecular complexity index is 3370. The first kappa shape index (κ1) is 61.3. The SMILES string of the molecule is CC(C)(C)OC(=O)N(CCSC(c1ccccc1)(c1ccccc1)c1ccccc1)CCN(CCCCCOCc1cc(-c2ccc(F)cc2)n(-c2ccc(S(N)(=O)=O)cc2)n1)CCSC(c1ccccc1)(c1ccccc1)c1ccccc1. The third-order valence-corrected chi connectivity index (χ3v) is 18.6. The highest BCUT2D eigenvalue weighted by Crippen LogP contribution is 2.50. The van der Waals surface area contributed by atoms with Gasteiger partial charge in [0.15, 0.2) is 0 Å². The number of carbonyl (C=O) groups is 1. The van der Waals surface area contributed by atoms with Crippen LogP contribution in [0.1, 0.15) is 79.1 Å². The molecule has 1 heterocycles. The smallest absolute Gasteiger partial charge is 0.410 e. The number of carbonyl (C=O) groups excluding carboxylic acids is 1. The molecule has 1 aromatic heterocycles. The molecule has 0 saturated carbocycles. The van der Waals surface area contributed by atoms with Gasteiger partial charge in [-0.05, 0) is 135 Å². The summed E-state index contributed by atoms with van der Waals surface area (Å²) in [5.74, 6) is 1.09. The van der Waals surface area contributed by atoms with Gasteiger partial charge in [-0.2, -0.15) is 5.10 Å². The van der Waals surface area contributed by atoms with E-state index >= 15 is 0 Å². The number of rotatable bonds is 28. The van der Waals surface area contributed by atoms with Crippen molar-refractivity contribution in [2.75, 3.05) is 50.8 Å². The minimum absolute atomic E-state index is 0.00897. The largest absolute Gasteiger partial charge is 0.444 e. The molecule has 2 N–H and O–H groups in total. The third kappa shape index (κ3) is 15.7. The van der Waals surface area contributed by atoms with E-state index in [9.17, 15) is 17.6 Å². The van der Waals surface area contributed by atoms with E-state index in [1.807, 2.05) is 55.3 Å². The fraction of sp³-hybridized carbons (Fsp3) is 0.257. The summed E-state index contributed by atoms with van der Waals surface area (Å²) in [6.07, 6.45) is 2.30. The molecule has 8 aromatic carbocycles. The number of halogens is 1. The summed E-state index contributed by atoms with van der Waals surface area (Å²) < 4.78 is 51.2. The summed E-state index contributed by atoms with van der Waals surface area (Å²) in [6.45, 7) is 9.69. The van der Waals surface area contributed by atoms with E-state index in [0.717, 1.165) is 43.7 Å². The van der Waals surface area contributed by atoms with E-state index in [-0.39, 0.29) is 23.4 Å². The van der Waals surface area contributed by atoms with Gasteiger partial charge in [-0.3, -0.25) is 0 Å². The second-order valence-corrected chi connectivity index (χ2v) is 25.8. The second-order valence-electron chi connectivity index (χ2n) is 21.7. The van der Waals surface area contributed by atoms with Gasteiger partial charge in [-0.1, -0.05) is 182 Å². The van der Waals surface area contributed by atoms with Gasteiger partial charge in [0.25, 0.3) is 0 Å². The van der Waals surface area contributed by atoms with Crippen LogP contribution in [-0.2, 0) is 35.6 Å². The number of primary sulfonamides is 1. The van der Waals surface area contributed by atoms with Crippen LogP contribution in [0.2, 0.25) is 0 Å². The normalized spacial score (nSPS) is 12.1. The maximum absolute atomic E-state index is 14.5. The highest BCUT2D eigenvalue weighted by Gasteiger charge is 2.39. The lowest BCUT2D eigenvalue weighted by Gasteiger charge is -2.37. The molecule has 9 aromatic rings. The number of ether oxygens (including phenoxy) is 2. The lowest BCUT2D eigenvalue weighted by atomic mass is 9.84. The average Bonchev–Trinajstić information content (AvgIpc) is 3.11. The lowest BCUT2D eigenvalue weighted by Crippen LogP contribution is -2.43. The molecule has 0 fully saturated rings. The van der Waals surface area contributed by atoms with E-state index < -0.39 is 25.1 Å². The van der Waals surface area contributed by atoms with E-state index in [1.165, 1.54) is 57.6 Å². The van der Waals surface area contributed by atoms with Gasteiger partial charge in [0, 0.05) is 49.9 Å². The maximum Gasteiger partial charge on any atom is 0.410 e. The predicted octanol–water partition coefficient (Wildman–Crippen LogP) is 15.0. The number of nitrogens with zero attached hydrogens (tertiary/aromatic N) is 4. The monoisotopic (exact) mass is 1180 g/mol. The Morgan fingerprint density at radius 2 is 0.988 bits per heavy atom. The van der Waals surface area contributed by atoms with Gasteiger partial charge >= 0.3 is 6.09 Å². The van der Waals surface area contributed by atoms with Gasteiger partial charge in [0.2, 0.25) is 10.0 Å². The number of hydrogen-bond acceptors (Lipinski definition) is 9. The number of sulfonamides is 1. The number of hydrogen-bond donors (Lipinski definition) is 1. The second kappa shape index (κ2) is 29.0. The highest BCUT2D eigenvalue weighted by atomic mass is 32.2. The molecule has 0 aliphatic heterocycles.